The Labute approximate surface area is 107 Å². The smallest absolute Gasteiger partial charge is 0.127 e. The average Bonchev–Trinajstić information content (AvgIpc) is 2.47. The Morgan fingerprint density at radius 1 is 1.22 bits per heavy atom. The second-order valence-electron chi connectivity index (χ2n) is 4.76. The van der Waals surface area contributed by atoms with E-state index in [4.69, 9.17) is 0 Å². The van der Waals surface area contributed by atoms with Crippen LogP contribution in [0.3, 0.4) is 0 Å². The van der Waals surface area contributed by atoms with Crippen molar-refractivity contribution in [3.05, 3.63) is 53.7 Å². The van der Waals surface area contributed by atoms with Crippen LogP contribution in [-0.2, 0) is 11.2 Å². The van der Waals surface area contributed by atoms with Crippen LogP contribution >= 0.6 is 0 Å². The van der Waals surface area contributed by atoms with Crippen molar-refractivity contribution in [2.45, 2.75) is 25.2 Å². The fourth-order valence-electron chi connectivity index (χ4n) is 2.67. The molecule has 2 nitrogen and oxygen atoms in total. The predicted octanol–water partition coefficient (Wildman–Crippen LogP) is 3.37. The molecule has 1 aliphatic carbocycles. The highest BCUT2D eigenvalue weighted by atomic mass is 16.1. The number of carbonyl (C=O) groups excluding carboxylic acids is 1. The molecule has 1 heterocycles. The van der Waals surface area contributed by atoms with Gasteiger partial charge in [0.15, 0.2) is 0 Å². The number of hydrogen-bond donors (Lipinski definition) is 0. The van der Waals surface area contributed by atoms with Gasteiger partial charge < -0.3 is 4.79 Å². The lowest BCUT2D eigenvalue weighted by Crippen LogP contribution is -2.10. The maximum Gasteiger partial charge on any atom is 0.127 e. The van der Waals surface area contributed by atoms with E-state index in [2.05, 4.69) is 23.2 Å². The van der Waals surface area contributed by atoms with Crippen LogP contribution in [0.4, 0.5) is 0 Å². The van der Waals surface area contributed by atoms with E-state index in [1.807, 2.05) is 18.2 Å². The first kappa shape index (κ1) is 11.1. The van der Waals surface area contributed by atoms with Gasteiger partial charge in [0.2, 0.25) is 0 Å². The number of fused-ring (bicyclic) bond motifs is 1. The van der Waals surface area contributed by atoms with Crippen LogP contribution in [0.5, 0.6) is 0 Å². The molecule has 0 amide bonds. The van der Waals surface area contributed by atoms with E-state index >= 15 is 0 Å². The first-order chi connectivity index (χ1) is 8.88. The summed E-state index contributed by atoms with van der Waals surface area (Å²) in [5.74, 6) is 0.0670. The summed E-state index contributed by atoms with van der Waals surface area (Å²) in [5, 5.41) is 0. The first-order valence-corrected chi connectivity index (χ1v) is 6.38. The Bertz CT molecular complexity index is 563. The second kappa shape index (κ2) is 4.73. The molecule has 90 valence electrons. The zero-order valence-electron chi connectivity index (χ0n) is 10.2. The molecule has 3 rings (SSSR count). The Kier molecular flexibility index (Phi) is 2.93. The van der Waals surface area contributed by atoms with Crippen molar-refractivity contribution >= 4 is 6.29 Å². The minimum absolute atomic E-state index is 0.0670. The van der Waals surface area contributed by atoms with Gasteiger partial charge in [0.25, 0.3) is 0 Å². The molecule has 0 fully saturated rings. The van der Waals surface area contributed by atoms with E-state index in [0.29, 0.717) is 0 Å². The lowest BCUT2D eigenvalue weighted by atomic mass is 9.82. The summed E-state index contributed by atoms with van der Waals surface area (Å²) < 4.78 is 0. The van der Waals surface area contributed by atoms with Crippen LogP contribution < -0.4 is 0 Å². The molecule has 1 atom stereocenters. The Morgan fingerprint density at radius 2 is 2.17 bits per heavy atom. The third-order valence-electron chi connectivity index (χ3n) is 3.63. The number of nitrogens with zero attached hydrogens (tertiary/aromatic N) is 1. The number of aryl methyl sites for hydroxylation is 1. The summed E-state index contributed by atoms with van der Waals surface area (Å²) in [7, 11) is 0. The van der Waals surface area contributed by atoms with Crippen molar-refractivity contribution in [2.75, 3.05) is 0 Å². The van der Waals surface area contributed by atoms with Gasteiger partial charge in [-0.25, -0.2) is 0 Å². The van der Waals surface area contributed by atoms with Crippen LogP contribution in [0.2, 0.25) is 0 Å². The molecule has 1 aromatic carbocycles. The standard InChI is InChI=1S/C16H15NO/c18-11-14-5-3-4-12-7-8-13(10-15(12)14)16-6-1-2-9-17-16/h1-2,6-11,14H,3-5H2. The summed E-state index contributed by atoms with van der Waals surface area (Å²) in [6, 6.07) is 12.3. The van der Waals surface area contributed by atoms with E-state index in [0.717, 1.165) is 36.8 Å². The number of pyridine rings is 1. The largest absolute Gasteiger partial charge is 0.303 e. The van der Waals surface area contributed by atoms with E-state index in [1.54, 1.807) is 6.20 Å². The highest BCUT2D eigenvalue weighted by Gasteiger charge is 2.20. The molecule has 0 saturated heterocycles. The highest BCUT2D eigenvalue weighted by Crippen LogP contribution is 2.32. The van der Waals surface area contributed by atoms with Gasteiger partial charge in [-0.15, -0.1) is 0 Å². The minimum Gasteiger partial charge on any atom is -0.303 e. The molecule has 1 unspecified atom stereocenters. The van der Waals surface area contributed by atoms with E-state index < -0.39 is 0 Å². The number of benzene rings is 1. The molecule has 0 spiro atoms. The van der Waals surface area contributed by atoms with Crippen LogP contribution in [0.25, 0.3) is 11.3 Å². The van der Waals surface area contributed by atoms with Crippen molar-refractivity contribution in [2.24, 2.45) is 0 Å². The molecule has 0 bridgehead atoms. The van der Waals surface area contributed by atoms with Crippen LogP contribution in [0.1, 0.15) is 29.9 Å². The summed E-state index contributed by atoms with van der Waals surface area (Å²) in [4.78, 5) is 15.5. The van der Waals surface area contributed by atoms with Gasteiger partial charge in [-0.05, 0) is 48.6 Å². The third kappa shape index (κ3) is 1.94. The molecule has 2 aromatic rings. The van der Waals surface area contributed by atoms with Gasteiger partial charge >= 0.3 is 0 Å². The zero-order chi connectivity index (χ0) is 12.4. The van der Waals surface area contributed by atoms with Crippen LogP contribution in [-0.4, -0.2) is 11.3 Å². The molecule has 2 heteroatoms. The first-order valence-electron chi connectivity index (χ1n) is 6.38. The molecule has 0 saturated carbocycles. The number of rotatable bonds is 2. The van der Waals surface area contributed by atoms with Gasteiger partial charge in [-0.3, -0.25) is 4.98 Å². The minimum atomic E-state index is 0.0670. The number of hydrogen-bond acceptors (Lipinski definition) is 2. The number of aldehydes is 1. The van der Waals surface area contributed by atoms with Crippen molar-refractivity contribution in [1.29, 1.82) is 0 Å². The average molecular weight is 237 g/mol. The Hall–Kier alpha value is -1.96. The lowest BCUT2D eigenvalue weighted by molar-refractivity contribution is -0.109. The Morgan fingerprint density at radius 3 is 2.94 bits per heavy atom. The number of carbonyl (C=O) groups is 1. The van der Waals surface area contributed by atoms with E-state index in [-0.39, 0.29) is 5.92 Å². The summed E-state index contributed by atoms with van der Waals surface area (Å²) in [6.45, 7) is 0. The normalized spacial score (nSPS) is 18.1. The van der Waals surface area contributed by atoms with Crippen LogP contribution in [0.15, 0.2) is 42.6 Å². The predicted molar refractivity (Wildman–Crippen MR) is 71.4 cm³/mol. The number of aromatic nitrogens is 1. The molecular formula is C16H15NO. The summed E-state index contributed by atoms with van der Waals surface area (Å²) in [5.41, 5.74) is 4.58. The molecular weight excluding hydrogens is 222 g/mol. The Balaban J connectivity index is 2.07. The van der Waals surface area contributed by atoms with Gasteiger partial charge in [0.05, 0.1) is 5.69 Å². The van der Waals surface area contributed by atoms with Crippen LogP contribution in [0, 0.1) is 0 Å². The monoisotopic (exact) mass is 237 g/mol. The third-order valence-corrected chi connectivity index (χ3v) is 3.63. The molecule has 1 aromatic heterocycles. The quantitative estimate of drug-likeness (QED) is 0.749. The van der Waals surface area contributed by atoms with Crippen molar-refractivity contribution in [3.8, 4) is 11.3 Å². The highest BCUT2D eigenvalue weighted by molar-refractivity contribution is 5.68. The molecule has 0 N–H and O–H groups in total. The fourth-order valence-corrected chi connectivity index (χ4v) is 2.67. The van der Waals surface area contributed by atoms with E-state index in [9.17, 15) is 4.79 Å². The second-order valence-corrected chi connectivity index (χ2v) is 4.76. The van der Waals surface area contributed by atoms with Gasteiger partial charge in [-0.1, -0.05) is 18.2 Å². The molecule has 18 heavy (non-hydrogen) atoms. The van der Waals surface area contributed by atoms with Gasteiger partial charge in [-0.2, -0.15) is 0 Å². The molecule has 1 aliphatic rings. The van der Waals surface area contributed by atoms with E-state index in [1.165, 1.54) is 11.1 Å². The molecule has 0 aliphatic heterocycles. The van der Waals surface area contributed by atoms with Crippen molar-refractivity contribution in [1.82, 2.24) is 4.98 Å². The summed E-state index contributed by atoms with van der Waals surface area (Å²) in [6.07, 6.45) is 6.05. The molecule has 0 radical (unpaired) electrons. The maximum atomic E-state index is 11.2. The van der Waals surface area contributed by atoms with Crippen molar-refractivity contribution < 1.29 is 4.79 Å². The van der Waals surface area contributed by atoms with Gasteiger partial charge in [0.1, 0.15) is 6.29 Å². The zero-order valence-corrected chi connectivity index (χ0v) is 10.2. The topological polar surface area (TPSA) is 30.0 Å². The summed E-state index contributed by atoms with van der Waals surface area (Å²) >= 11 is 0. The van der Waals surface area contributed by atoms with Gasteiger partial charge in [0, 0.05) is 17.7 Å². The fraction of sp³-hybridized carbons (Fsp3) is 0.250. The lowest BCUT2D eigenvalue weighted by Gasteiger charge is -2.21. The van der Waals surface area contributed by atoms with Crippen molar-refractivity contribution in [3.63, 3.8) is 0 Å². The SMILES string of the molecule is O=CC1CCCc2ccc(-c3ccccn3)cc21. The maximum absolute atomic E-state index is 11.2.